The summed E-state index contributed by atoms with van der Waals surface area (Å²) in [6.07, 6.45) is 0.340. The molecule has 1 saturated heterocycles. The largest absolute Gasteiger partial charge is 0.494 e. The van der Waals surface area contributed by atoms with Crippen molar-refractivity contribution in [3.8, 4) is 17.1 Å². The van der Waals surface area contributed by atoms with Crippen molar-refractivity contribution in [3.05, 3.63) is 29.9 Å². The molecular formula is C14H13FN2O4. The molecule has 0 bridgehead atoms. The van der Waals surface area contributed by atoms with Crippen molar-refractivity contribution < 1.29 is 23.2 Å². The molecule has 0 radical (unpaired) electrons. The highest BCUT2D eigenvalue weighted by Gasteiger charge is 2.30. The van der Waals surface area contributed by atoms with Crippen LogP contribution < -0.4 is 4.74 Å². The van der Waals surface area contributed by atoms with E-state index in [4.69, 9.17) is 14.0 Å². The average molecular weight is 292 g/mol. The number of ether oxygens (including phenoxy) is 2. The number of hydrogen-bond donors (Lipinski definition) is 0. The van der Waals surface area contributed by atoms with E-state index in [2.05, 4.69) is 10.1 Å². The summed E-state index contributed by atoms with van der Waals surface area (Å²) >= 11 is 0. The van der Waals surface area contributed by atoms with Crippen LogP contribution in [0, 0.1) is 5.82 Å². The normalized spacial score (nSPS) is 18.8. The highest BCUT2D eigenvalue weighted by Crippen LogP contribution is 2.27. The number of nitrogens with zero attached hydrogens (tertiary/aromatic N) is 2. The third-order valence-corrected chi connectivity index (χ3v) is 3.32. The van der Waals surface area contributed by atoms with Gasteiger partial charge in [0.15, 0.2) is 11.6 Å². The van der Waals surface area contributed by atoms with Crippen LogP contribution in [0.2, 0.25) is 0 Å². The monoisotopic (exact) mass is 292 g/mol. The number of ketones is 1. The van der Waals surface area contributed by atoms with Crippen molar-refractivity contribution in [1.82, 2.24) is 10.1 Å². The lowest BCUT2D eigenvalue weighted by Gasteiger charge is -2.17. The zero-order valence-corrected chi connectivity index (χ0v) is 11.3. The summed E-state index contributed by atoms with van der Waals surface area (Å²) in [6.45, 7) is 0.665. The molecule has 3 rings (SSSR count). The summed E-state index contributed by atoms with van der Waals surface area (Å²) in [5.41, 5.74) is 0.549. The maximum Gasteiger partial charge on any atom is 0.239 e. The molecule has 0 spiro atoms. The Bertz CT molecular complexity index is 671. The van der Waals surface area contributed by atoms with Crippen LogP contribution in [0.25, 0.3) is 11.4 Å². The molecule has 2 heterocycles. The summed E-state index contributed by atoms with van der Waals surface area (Å²) in [7, 11) is 1.38. The number of aromatic nitrogens is 2. The maximum absolute atomic E-state index is 13.4. The van der Waals surface area contributed by atoms with Gasteiger partial charge in [-0.2, -0.15) is 4.98 Å². The minimum absolute atomic E-state index is 0.0214. The molecule has 0 amide bonds. The second-order valence-corrected chi connectivity index (χ2v) is 4.65. The van der Waals surface area contributed by atoms with Crippen LogP contribution in [-0.4, -0.2) is 36.2 Å². The van der Waals surface area contributed by atoms with Gasteiger partial charge in [0.1, 0.15) is 11.7 Å². The first kappa shape index (κ1) is 13.7. The van der Waals surface area contributed by atoms with Gasteiger partial charge in [-0.3, -0.25) is 4.79 Å². The maximum atomic E-state index is 13.4. The Kier molecular flexibility index (Phi) is 3.66. The second kappa shape index (κ2) is 5.61. The fraction of sp³-hybridized carbons (Fsp3) is 0.357. The van der Waals surface area contributed by atoms with Crippen molar-refractivity contribution in [2.75, 3.05) is 20.3 Å². The van der Waals surface area contributed by atoms with E-state index in [0.717, 1.165) is 0 Å². The van der Waals surface area contributed by atoms with Crippen LogP contribution in [0.5, 0.6) is 5.75 Å². The van der Waals surface area contributed by atoms with Crippen molar-refractivity contribution >= 4 is 5.78 Å². The Morgan fingerprint density at radius 2 is 2.29 bits per heavy atom. The summed E-state index contributed by atoms with van der Waals surface area (Å²) in [6, 6.07) is 4.26. The molecule has 1 aliphatic rings. The Labute approximate surface area is 119 Å². The number of methoxy groups -OCH3 is 1. The summed E-state index contributed by atoms with van der Waals surface area (Å²) in [5.74, 6) is -0.383. The first-order valence-electron chi connectivity index (χ1n) is 6.47. The van der Waals surface area contributed by atoms with Gasteiger partial charge in [-0.15, -0.1) is 0 Å². The van der Waals surface area contributed by atoms with E-state index in [1.807, 2.05) is 0 Å². The van der Waals surface area contributed by atoms with Crippen molar-refractivity contribution in [1.29, 1.82) is 0 Å². The number of Topliss-reactive ketones (excluding diaryl/α,β-unsaturated/α-hetero) is 1. The highest BCUT2D eigenvalue weighted by molar-refractivity contribution is 5.85. The van der Waals surface area contributed by atoms with Crippen molar-refractivity contribution in [2.24, 2.45) is 0 Å². The first-order chi connectivity index (χ1) is 10.2. The van der Waals surface area contributed by atoms with Gasteiger partial charge in [-0.1, -0.05) is 5.16 Å². The predicted molar refractivity (Wildman–Crippen MR) is 69.4 cm³/mol. The summed E-state index contributed by atoms with van der Waals surface area (Å²) in [4.78, 5) is 16.0. The Hall–Kier alpha value is -2.28. The lowest BCUT2D eigenvalue weighted by atomic mass is 10.0. The van der Waals surface area contributed by atoms with E-state index in [1.54, 1.807) is 0 Å². The summed E-state index contributed by atoms with van der Waals surface area (Å²) < 4.78 is 28.7. The number of halogens is 1. The molecule has 1 aromatic heterocycles. The zero-order chi connectivity index (χ0) is 14.8. The molecule has 7 heteroatoms. The number of hydrogen-bond acceptors (Lipinski definition) is 6. The van der Waals surface area contributed by atoms with Gasteiger partial charge in [-0.05, 0) is 18.2 Å². The number of rotatable bonds is 3. The van der Waals surface area contributed by atoms with Gasteiger partial charge >= 0.3 is 0 Å². The topological polar surface area (TPSA) is 74.5 Å². The van der Waals surface area contributed by atoms with Crippen molar-refractivity contribution in [2.45, 2.75) is 12.3 Å². The number of benzene rings is 1. The third kappa shape index (κ3) is 2.64. The van der Waals surface area contributed by atoms with E-state index in [1.165, 1.54) is 25.3 Å². The predicted octanol–water partition coefficient (Wildman–Crippen LogP) is 1.96. The van der Waals surface area contributed by atoms with Gasteiger partial charge in [0.25, 0.3) is 0 Å². The van der Waals surface area contributed by atoms with Crippen molar-refractivity contribution in [3.63, 3.8) is 0 Å². The lowest BCUT2D eigenvalue weighted by Crippen LogP contribution is -2.25. The second-order valence-electron chi connectivity index (χ2n) is 4.65. The average Bonchev–Trinajstić information content (AvgIpc) is 2.98. The molecule has 110 valence electrons. The van der Waals surface area contributed by atoms with Gasteiger partial charge in [0.2, 0.25) is 11.7 Å². The molecular weight excluding hydrogens is 279 g/mol. The zero-order valence-electron chi connectivity index (χ0n) is 11.3. The molecule has 1 aliphatic heterocycles. The molecule has 0 saturated carbocycles. The molecule has 0 N–H and O–H groups in total. The smallest absolute Gasteiger partial charge is 0.239 e. The SMILES string of the molecule is COc1cc(-c2noc(C3COCCC3=O)n2)ccc1F. The van der Waals surface area contributed by atoms with Gasteiger partial charge in [-0.25, -0.2) is 4.39 Å². The molecule has 6 nitrogen and oxygen atoms in total. The fourth-order valence-electron chi connectivity index (χ4n) is 2.14. The van der Waals surface area contributed by atoms with Crippen LogP contribution in [0.15, 0.2) is 22.7 Å². The minimum Gasteiger partial charge on any atom is -0.494 e. The first-order valence-corrected chi connectivity index (χ1v) is 6.47. The highest BCUT2D eigenvalue weighted by atomic mass is 19.1. The van der Waals surface area contributed by atoms with Crippen LogP contribution in [-0.2, 0) is 9.53 Å². The van der Waals surface area contributed by atoms with Crippen LogP contribution in [0.3, 0.4) is 0 Å². The van der Waals surface area contributed by atoms with E-state index in [-0.39, 0.29) is 29.9 Å². The molecule has 2 aromatic rings. The quantitative estimate of drug-likeness (QED) is 0.861. The van der Waals surface area contributed by atoms with Gasteiger partial charge in [0, 0.05) is 12.0 Å². The standard InChI is InChI=1S/C14H13FN2O4/c1-19-12-6-8(2-3-10(12)15)13-16-14(21-17-13)9-7-20-5-4-11(9)18/h2-3,6,9H,4-5,7H2,1H3. The lowest BCUT2D eigenvalue weighted by molar-refractivity contribution is -0.127. The molecule has 1 fully saturated rings. The minimum atomic E-state index is -0.526. The van der Waals surface area contributed by atoms with Gasteiger partial charge < -0.3 is 14.0 Å². The van der Waals surface area contributed by atoms with Crippen LogP contribution in [0.1, 0.15) is 18.2 Å². The fourth-order valence-corrected chi connectivity index (χ4v) is 2.14. The van der Waals surface area contributed by atoms with E-state index in [0.29, 0.717) is 18.6 Å². The molecule has 21 heavy (non-hydrogen) atoms. The number of carbonyl (C=O) groups is 1. The van der Waals surface area contributed by atoms with Crippen LogP contribution >= 0.6 is 0 Å². The third-order valence-electron chi connectivity index (χ3n) is 3.32. The number of carbonyl (C=O) groups excluding carboxylic acids is 1. The molecule has 1 unspecified atom stereocenters. The Morgan fingerprint density at radius 3 is 3.05 bits per heavy atom. The van der Waals surface area contributed by atoms with E-state index >= 15 is 0 Å². The Morgan fingerprint density at radius 1 is 1.43 bits per heavy atom. The van der Waals surface area contributed by atoms with E-state index in [9.17, 15) is 9.18 Å². The molecule has 1 aromatic carbocycles. The van der Waals surface area contributed by atoms with E-state index < -0.39 is 11.7 Å². The molecule has 1 atom stereocenters. The summed E-state index contributed by atoms with van der Waals surface area (Å²) in [5, 5.41) is 3.83. The Balaban J connectivity index is 1.89. The van der Waals surface area contributed by atoms with Gasteiger partial charge in [0.05, 0.1) is 20.3 Å². The van der Waals surface area contributed by atoms with Crippen LogP contribution in [0.4, 0.5) is 4.39 Å². The molecule has 0 aliphatic carbocycles.